The minimum Gasteiger partial charge on any atom is -0.422 e. The van der Waals surface area contributed by atoms with Gasteiger partial charge in [0, 0.05) is 18.4 Å². The average molecular weight is 307 g/mol. The Hall–Kier alpha value is -3.14. The van der Waals surface area contributed by atoms with E-state index >= 15 is 0 Å². The van der Waals surface area contributed by atoms with Gasteiger partial charge in [0.15, 0.2) is 0 Å². The molecule has 1 amide bonds. The zero-order chi connectivity index (χ0) is 16.4. The van der Waals surface area contributed by atoms with Gasteiger partial charge >= 0.3 is 0 Å². The van der Waals surface area contributed by atoms with Gasteiger partial charge in [-0.2, -0.15) is 5.26 Å². The van der Waals surface area contributed by atoms with Gasteiger partial charge in [0.05, 0.1) is 11.6 Å². The summed E-state index contributed by atoms with van der Waals surface area (Å²) in [6, 6.07) is 9.44. The van der Waals surface area contributed by atoms with Crippen LogP contribution in [0.5, 0.6) is 5.88 Å². The Labute approximate surface area is 132 Å². The number of rotatable bonds is 0. The lowest BCUT2D eigenvalue weighted by atomic mass is 9.65. The lowest BCUT2D eigenvalue weighted by Crippen LogP contribution is -2.51. The number of carbonyl (C=O) groups is 1. The number of likely N-dealkylation sites (N-methyl/N-ethyl adjacent to an activating group) is 1. The molecule has 1 spiro atoms. The van der Waals surface area contributed by atoms with Crippen molar-refractivity contribution in [3.63, 3.8) is 0 Å². The molecule has 114 valence electrons. The average Bonchev–Trinajstić information content (AvgIpc) is 3.01. The third-order valence-electron chi connectivity index (χ3n) is 4.67. The number of nitrogens with one attached hydrogen (secondary N) is 2. The van der Waals surface area contributed by atoms with E-state index in [9.17, 15) is 10.1 Å². The highest BCUT2D eigenvalue weighted by atomic mass is 16.5. The molecule has 0 saturated heterocycles. The summed E-state index contributed by atoms with van der Waals surface area (Å²) in [5.41, 5.74) is 1.35. The van der Waals surface area contributed by atoms with Crippen LogP contribution < -0.4 is 9.64 Å². The summed E-state index contributed by atoms with van der Waals surface area (Å²) < 4.78 is 5.39. The zero-order valence-corrected chi connectivity index (χ0v) is 12.5. The van der Waals surface area contributed by atoms with Crippen LogP contribution in [0.2, 0.25) is 0 Å². The second-order valence-electron chi connectivity index (χ2n) is 5.75. The Kier molecular flexibility index (Phi) is 2.47. The van der Waals surface area contributed by atoms with Crippen molar-refractivity contribution in [2.45, 2.75) is 12.3 Å². The molecule has 2 aliphatic heterocycles. The van der Waals surface area contributed by atoms with Crippen LogP contribution in [-0.4, -0.2) is 29.0 Å². The minimum atomic E-state index is -1.29. The van der Waals surface area contributed by atoms with Gasteiger partial charge < -0.3 is 9.64 Å². The predicted octanol–water partition coefficient (Wildman–Crippen LogP) is 1.49. The Morgan fingerprint density at radius 2 is 2.22 bits per heavy atom. The third kappa shape index (κ3) is 1.36. The van der Waals surface area contributed by atoms with Crippen LogP contribution in [0, 0.1) is 29.6 Å². The van der Waals surface area contributed by atoms with Crippen LogP contribution in [0.25, 0.3) is 0 Å². The lowest BCUT2D eigenvalue weighted by molar-refractivity contribution is -0.122. The van der Waals surface area contributed by atoms with Crippen LogP contribution in [-0.2, 0) is 10.2 Å². The van der Waals surface area contributed by atoms with E-state index in [1.54, 1.807) is 14.0 Å². The minimum absolute atomic E-state index is 0.192. The normalized spacial score (nSPS) is 25.1. The number of amides is 1. The van der Waals surface area contributed by atoms with E-state index in [0.29, 0.717) is 16.8 Å². The maximum Gasteiger partial charge on any atom is 0.244 e. The molecule has 7 heteroatoms. The number of carbonyl (C=O) groups excluding carboxylic acids is 1. The summed E-state index contributed by atoms with van der Waals surface area (Å²) in [5, 5.41) is 24.7. The molecule has 1 aromatic carbocycles. The highest BCUT2D eigenvalue weighted by Crippen LogP contribution is 2.55. The fourth-order valence-corrected chi connectivity index (χ4v) is 3.71. The summed E-state index contributed by atoms with van der Waals surface area (Å²) in [6.45, 7) is 1.79. The van der Waals surface area contributed by atoms with E-state index in [4.69, 9.17) is 10.1 Å². The fraction of sp³-hybridized carbons (Fsp3) is 0.250. The standard InChI is InChI=1S/C16H13N5O2/c1-8-12-14(20-19-8)23-13(18)10(7-17)16(12)9-5-3-4-6-11(9)21(2)15(16)22/h3-6,10,18H,1-2H3,(H,19,20). The number of para-hydroxylation sites is 1. The number of hydrogen-bond acceptors (Lipinski definition) is 5. The molecule has 0 aliphatic carbocycles. The van der Waals surface area contributed by atoms with Gasteiger partial charge in [-0.05, 0) is 18.6 Å². The van der Waals surface area contributed by atoms with E-state index in [1.807, 2.05) is 24.3 Å². The molecule has 0 saturated carbocycles. The first-order valence-corrected chi connectivity index (χ1v) is 7.12. The SMILES string of the molecule is Cc1[nH]nc2c1C1(C(=O)N(C)c3ccccc31)C(C#N)C(=N)O2. The summed E-state index contributed by atoms with van der Waals surface area (Å²) in [7, 11) is 1.68. The quantitative estimate of drug-likeness (QED) is 0.769. The van der Waals surface area contributed by atoms with Crippen molar-refractivity contribution in [2.75, 3.05) is 11.9 Å². The monoisotopic (exact) mass is 307 g/mol. The second kappa shape index (κ2) is 4.20. The molecule has 4 rings (SSSR count). The number of nitriles is 1. The Morgan fingerprint density at radius 1 is 1.48 bits per heavy atom. The van der Waals surface area contributed by atoms with Crippen LogP contribution in [0.4, 0.5) is 5.69 Å². The molecule has 0 bridgehead atoms. The predicted molar refractivity (Wildman–Crippen MR) is 81.4 cm³/mol. The van der Waals surface area contributed by atoms with Crippen LogP contribution >= 0.6 is 0 Å². The first-order chi connectivity index (χ1) is 11.0. The largest absolute Gasteiger partial charge is 0.422 e. The molecule has 2 aromatic rings. The molecule has 2 N–H and O–H groups in total. The molecular weight excluding hydrogens is 294 g/mol. The molecule has 0 radical (unpaired) electrons. The van der Waals surface area contributed by atoms with Crippen LogP contribution in [0.15, 0.2) is 24.3 Å². The van der Waals surface area contributed by atoms with Gasteiger partial charge in [0.25, 0.3) is 0 Å². The molecular formula is C16H13N5O2. The van der Waals surface area contributed by atoms with Crippen molar-refractivity contribution in [1.82, 2.24) is 10.2 Å². The van der Waals surface area contributed by atoms with E-state index in [-0.39, 0.29) is 17.7 Å². The number of anilines is 1. The topological polar surface area (TPSA) is 106 Å². The Bertz CT molecular complexity index is 909. The molecule has 7 nitrogen and oxygen atoms in total. The molecule has 2 atom stereocenters. The maximum atomic E-state index is 13.2. The number of aromatic amines is 1. The number of fused-ring (bicyclic) bond motifs is 4. The molecule has 2 aliphatic rings. The van der Waals surface area contributed by atoms with E-state index in [1.165, 1.54) is 4.90 Å². The lowest BCUT2D eigenvalue weighted by Gasteiger charge is -2.36. The summed E-state index contributed by atoms with van der Waals surface area (Å²) >= 11 is 0. The highest BCUT2D eigenvalue weighted by Gasteiger charge is 2.63. The van der Waals surface area contributed by atoms with E-state index in [0.717, 1.165) is 5.69 Å². The number of aromatic nitrogens is 2. The zero-order valence-electron chi connectivity index (χ0n) is 12.5. The first-order valence-electron chi connectivity index (χ1n) is 7.12. The molecule has 23 heavy (non-hydrogen) atoms. The van der Waals surface area contributed by atoms with Gasteiger partial charge in [0.2, 0.25) is 17.7 Å². The van der Waals surface area contributed by atoms with Gasteiger partial charge in [0.1, 0.15) is 11.3 Å². The van der Waals surface area contributed by atoms with E-state index < -0.39 is 11.3 Å². The smallest absolute Gasteiger partial charge is 0.244 e. The van der Waals surface area contributed by atoms with Crippen molar-refractivity contribution in [3.8, 4) is 11.9 Å². The molecule has 2 unspecified atom stereocenters. The first kappa shape index (κ1) is 13.5. The fourth-order valence-electron chi connectivity index (χ4n) is 3.71. The van der Waals surface area contributed by atoms with Crippen molar-refractivity contribution >= 4 is 17.5 Å². The Balaban J connectivity index is 2.17. The highest BCUT2D eigenvalue weighted by molar-refractivity contribution is 6.14. The molecule has 0 fully saturated rings. The third-order valence-corrected chi connectivity index (χ3v) is 4.67. The summed E-state index contributed by atoms with van der Waals surface area (Å²) in [6.07, 6.45) is 0. The molecule has 3 heterocycles. The van der Waals surface area contributed by atoms with Crippen molar-refractivity contribution < 1.29 is 9.53 Å². The summed E-state index contributed by atoms with van der Waals surface area (Å²) in [4.78, 5) is 14.8. The number of hydrogen-bond donors (Lipinski definition) is 2. The maximum absolute atomic E-state index is 13.2. The van der Waals surface area contributed by atoms with Gasteiger partial charge in [-0.25, -0.2) is 0 Å². The van der Waals surface area contributed by atoms with Crippen LogP contribution in [0.3, 0.4) is 0 Å². The van der Waals surface area contributed by atoms with E-state index in [2.05, 4.69) is 16.3 Å². The number of nitrogens with zero attached hydrogens (tertiary/aromatic N) is 3. The second-order valence-corrected chi connectivity index (χ2v) is 5.75. The van der Waals surface area contributed by atoms with Crippen molar-refractivity contribution in [2.24, 2.45) is 5.92 Å². The van der Waals surface area contributed by atoms with Crippen molar-refractivity contribution in [3.05, 3.63) is 41.1 Å². The number of ether oxygens (including phenoxy) is 1. The van der Waals surface area contributed by atoms with Gasteiger partial charge in [-0.15, -0.1) is 5.10 Å². The van der Waals surface area contributed by atoms with Gasteiger partial charge in [-0.3, -0.25) is 15.3 Å². The Morgan fingerprint density at radius 3 is 2.96 bits per heavy atom. The molecule has 1 aromatic heterocycles. The number of aryl methyl sites for hydroxylation is 1. The summed E-state index contributed by atoms with van der Waals surface area (Å²) in [5.74, 6) is -1.35. The van der Waals surface area contributed by atoms with Crippen LogP contribution in [0.1, 0.15) is 16.8 Å². The number of benzene rings is 1. The van der Waals surface area contributed by atoms with Crippen molar-refractivity contribution in [1.29, 1.82) is 10.7 Å². The number of H-pyrrole nitrogens is 1. The van der Waals surface area contributed by atoms with Gasteiger partial charge in [-0.1, -0.05) is 18.2 Å².